The molecule has 0 saturated carbocycles. The van der Waals surface area contributed by atoms with Crippen molar-refractivity contribution in [1.82, 2.24) is 4.98 Å². The second-order valence-electron chi connectivity index (χ2n) is 6.22. The van der Waals surface area contributed by atoms with E-state index in [1.54, 1.807) is 36.5 Å². The predicted octanol–water partition coefficient (Wildman–Crippen LogP) is 4.86. The zero-order valence-corrected chi connectivity index (χ0v) is 15.7. The fraction of sp³-hybridized carbons (Fsp3) is 0.0952. The van der Waals surface area contributed by atoms with Crippen LogP contribution in [0.1, 0.15) is 31.8 Å². The Morgan fingerprint density at radius 2 is 1.59 bits per heavy atom. The lowest BCUT2D eigenvalue weighted by Crippen LogP contribution is -2.15. The van der Waals surface area contributed by atoms with Gasteiger partial charge in [0.05, 0.1) is 22.5 Å². The summed E-state index contributed by atoms with van der Waals surface area (Å²) in [4.78, 5) is 29.0. The lowest BCUT2D eigenvalue weighted by molar-refractivity contribution is 0.101. The summed E-state index contributed by atoms with van der Waals surface area (Å²) < 4.78 is 0. The molecule has 0 radical (unpaired) electrons. The third kappa shape index (κ3) is 4.71. The summed E-state index contributed by atoms with van der Waals surface area (Å²) >= 11 is 6.16. The Morgan fingerprint density at radius 1 is 0.889 bits per heavy atom. The summed E-state index contributed by atoms with van der Waals surface area (Å²) in [5.74, 6) is -0.627. The number of nitrogens with zero attached hydrogens (tertiary/aromatic N) is 1. The number of nitrogens with one attached hydrogen (secondary N) is 2. The van der Waals surface area contributed by atoms with Crippen LogP contribution in [-0.2, 0) is 0 Å². The van der Waals surface area contributed by atoms with Crippen molar-refractivity contribution in [3.05, 3.63) is 88.2 Å². The van der Waals surface area contributed by atoms with Crippen LogP contribution in [0.5, 0.6) is 0 Å². The van der Waals surface area contributed by atoms with E-state index in [0.29, 0.717) is 22.0 Å². The molecule has 6 heteroatoms. The third-order valence-corrected chi connectivity index (χ3v) is 4.20. The summed E-state index contributed by atoms with van der Waals surface area (Å²) in [5, 5.41) is 5.83. The number of aryl methyl sites for hydroxylation is 2. The minimum Gasteiger partial charge on any atom is -0.322 e. The number of carbonyl (C=O) groups is 2. The SMILES string of the molecule is Cc1cc(C)cc(C(=O)Nc2ccc(Cl)c(C(=O)Nc3cccnc3)c2)c1. The van der Waals surface area contributed by atoms with E-state index in [1.165, 1.54) is 6.20 Å². The van der Waals surface area contributed by atoms with Crippen LogP contribution >= 0.6 is 11.6 Å². The summed E-state index contributed by atoms with van der Waals surface area (Å²) in [5.41, 5.74) is 3.88. The third-order valence-electron chi connectivity index (χ3n) is 3.87. The molecule has 2 amide bonds. The van der Waals surface area contributed by atoms with E-state index in [9.17, 15) is 9.59 Å². The van der Waals surface area contributed by atoms with E-state index in [4.69, 9.17) is 11.6 Å². The lowest BCUT2D eigenvalue weighted by atomic mass is 10.1. The summed E-state index contributed by atoms with van der Waals surface area (Å²) in [6, 6.07) is 13.9. The molecule has 1 heterocycles. The van der Waals surface area contributed by atoms with Crippen LogP contribution in [0.3, 0.4) is 0 Å². The molecule has 0 bridgehead atoms. The number of carbonyl (C=O) groups excluding carboxylic acids is 2. The van der Waals surface area contributed by atoms with Gasteiger partial charge in [-0.15, -0.1) is 0 Å². The molecule has 0 atom stereocenters. The Bertz CT molecular complexity index is 983. The van der Waals surface area contributed by atoms with Crippen molar-refractivity contribution in [2.45, 2.75) is 13.8 Å². The molecule has 0 aliphatic carbocycles. The quantitative estimate of drug-likeness (QED) is 0.680. The van der Waals surface area contributed by atoms with Crippen molar-refractivity contribution in [3.8, 4) is 0 Å². The molecule has 1 aromatic heterocycles. The maximum atomic E-state index is 12.5. The van der Waals surface area contributed by atoms with Crippen LogP contribution in [0.25, 0.3) is 0 Å². The van der Waals surface area contributed by atoms with E-state index in [0.717, 1.165) is 11.1 Å². The van der Waals surface area contributed by atoms with Gasteiger partial charge >= 0.3 is 0 Å². The second kappa shape index (κ2) is 8.01. The number of rotatable bonds is 4. The van der Waals surface area contributed by atoms with E-state index in [-0.39, 0.29) is 17.4 Å². The molecule has 0 aliphatic rings. The first kappa shape index (κ1) is 18.6. The Morgan fingerprint density at radius 3 is 2.26 bits per heavy atom. The number of pyridine rings is 1. The highest BCUT2D eigenvalue weighted by molar-refractivity contribution is 6.34. The number of hydrogen-bond donors (Lipinski definition) is 2. The highest BCUT2D eigenvalue weighted by atomic mass is 35.5. The molecule has 136 valence electrons. The van der Waals surface area contributed by atoms with Gasteiger partial charge in [-0.3, -0.25) is 14.6 Å². The average molecular weight is 380 g/mol. The fourth-order valence-corrected chi connectivity index (χ4v) is 2.92. The van der Waals surface area contributed by atoms with Gasteiger partial charge in [0.15, 0.2) is 0 Å². The Labute approximate surface area is 162 Å². The Hall–Kier alpha value is -3.18. The van der Waals surface area contributed by atoms with Gasteiger partial charge in [-0.1, -0.05) is 28.8 Å². The molecule has 27 heavy (non-hydrogen) atoms. The largest absolute Gasteiger partial charge is 0.322 e. The molecule has 3 aromatic rings. The highest BCUT2D eigenvalue weighted by Gasteiger charge is 2.14. The van der Waals surface area contributed by atoms with Crippen LogP contribution in [0.15, 0.2) is 60.9 Å². The normalized spacial score (nSPS) is 10.3. The molecule has 0 unspecified atom stereocenters. The minimum absolute atomic E-state index is 0.247. The minimum atomic E-state index is -0.379. The average Bonchev–Trinajstić information content (AvgIpc) is 2.63. The van der Waals surface area contributed by atoms with Crippen LogP contribution in [0.2, 0.25) is 5.02 Å². The molecule has 0 spiro atoms. The smallest absolute Gasteiger partial charge is 0.257 e. The maximum absolute atomic E-state index is 12.5. The molecule has 0 saturated heterocycles. The zero-order valence-electron chi connectivity index (χ0n) is 14.9. The molecular formula is C21H18ClN3O2. The predicted molar refractivity (Wildman–Crippen MR) is 108 cm³/mol. The monoisotopic (exact) mass is 379 g/mol. The van der Waals surface area contributed by atoms with Gasteiger partial charge in [-0.05, 0) is 56.3 Å². The van der Waals surface area contributed by atoms with E-state index >= 15 is 0 Å². The number of amides is 2. The summed E-state index contributed by atoms with van der Waals surface area (Å²) in [7, 11) is 0. The number of hydrogen-bond acceptors (Lipinski definition) is 3. The van der Waals surface area contributed by atoms with E-state index in [1.807, 2.05) is 32.0 Å². The number of benzene rings is 2. The van der Waals surface area contributed by atoms with Gasteiger partial charge in [0.1, 0.15) is 0 Å². The van der Waals surface area contributed by atoms with Crippen molar-refractivity contribution in [2.75, 3.05) is 10.6 Å². The van der Waals surface area contributed by atoms with Gasteiger partial charge in [0.25, 0.3) is 11.8 Å². The summed E-state index contributed by atoms with van der Waals surface area (Å²) in [6.07, 6.45) is 3.16. The fourth-order valence-electron chi connectivity index (χ4n) is 2.72. The molecule has 3 rings (SSSR count). The van der Waals surface area contributed by atoms with Crippen LogP contribution < -0.4 is 10.6 Å². The topological polar surface area (TPSA) is 71.1 Å². The van der Waals surface area contributed by atoms with Gasteiger partial charge < -0.3 is 10.6 Å². The second-order valence-corrected chi connectivity index (χ2v) is 6.63. The van der Waals surface area contributed by atoms with Gasteiger partial charge in [0.2, 0.25) is 0 Å². The Kier molecular flexibility index (Phi) is 5.52. The first-order valence-electron chi connectivity index (χ1n) is 8.33. The highest BCUT2D eigenvalue weighted by Crippen LogP contribution is 2.22. The number of halogens is 1. The molecule has 2 N–H and O–H groups in total. The van der Waals surface area contributed by atoms with Crippen molar-refractivity contribution >= 4 is 34.8 Å². The Balaban J connectivity index is 1.80. The van der Waals surface area contributed by atoms with Gasteiger partial charge in [-0.25, -0.2) is 0 Å². The standard InChI is InChI=1S/C21H18ClN3O2/c1-13-8-14(2)10-15(9-13)20(26)24-16-5-6-19(22)18(11-16)21(27)25-17-4-3-7-23-12-17/h3-12H,1-2H3,(H,24,26)(H,25,27). The van der Waals surface area contributed by atoms with Gasteiger partial charge in [-0.2, -0.15) is 0 Å². The van der Waals surface area contributed by atoms with E-state index < -0.39 is 0 Å². The zero-order chi connectivity index (χ0) is 19.4. The maximum Gasteiger partial charge on any atom is 0.257 e. The van der Waals surface area contributed by atoms with Crippen LogP contribution in [0.4, 0.5) is 11.4 Å². The summed E-state index contributed by atoms with van der Waals surface area (Å²) in [6.45, 7) is 3.87. The van der Waals surface area contributed by atoms with Crippen LogP contribution in [0, 0.1) is 13.8 Å². The molecule has 0 aliphatic heterocycles. The molecular weight excluding hydrogens is 362 g/mol. The van der Waals surface area contributed by atoms with Crippen molar-refractivity contribution in [3.63, 3.8) is 0 Å². The molecule has 5 nitrogen and oxygen atoms in total. The first-order valence-corrected chi connectivity index (χ1v) is 8.71. The molecule has 0 fully saturated rings. The molecule has 2 aromatic carbocycles. The van der Waals surface area contributed by atoms with Crippen LogP contribution in [-0.4, -0.2) is 16.8 Å². The van der Waals surface area contributed by atoms with Gasteiger partial charge in [0, 0.05) is 17.4 Å². The van der Waals surface area contributed by atoms with Crippen molar-refractivity contribution < 1.29 is 9.59 Å². The van der Waals surface area contributed by atoms with Crippen molar-refractivity contribution in [2.24, 2.45) is 0 Å². The first-order chi connectivity index (χ1) is 12.9. The lowest BCUT2D eigenvalue weighted by Gasteiger charge is -2.11. The van der Waals surface area contributed by atoms with E-state index in [2.05, 4.69) is 15.6 Å². The number of aromatic nitrogens is 1. The van der Waals surface area contributed by atoms with Crippen molar-refractivity contribution in [1.29, 1.82) is 0 Å². The number of anilines is 2.